The van der Waals surface area contributed by atoms with Crippen LogP contribution in [0, 0.1) is 24.5 Å². The number of nitrogens with zero attached hydrogens (tertiary/aromatic N) is 5. The van der Waals surface area contributed by atoms with Crippen molar-refractivity contribution in [3.8, 4) is 5.75 Å². The first-order valence-corrected chi connectivity index (χ1v) is 10.9. The number of likely N-dealkylation sites (N-methyl/N-ethyl adjacent to an activating group) is 1. The van der Waals surface area contributed by atoms with Crippen LogP contribution in [0.2, 0.25) is 0 Å². The lowest BCUT2D eigenvalue weighted by molar-refractivity contribution is -0.118. The maximum Gasteiger partial charge on any atom is 0.247 e. The van der Waals surface area contributed by atoms with Crippen molar-refractivity contribution in [3.05, 3.63) is 53.0 Å². The summed E-state index contributed by atoms with van der Waals surface area (Å²) in [5, 5.41) is 10.4. The molecule has 0 aliphatic carbocycles. The standard InChI is InChI=1S/C23H27F2N7O2/c1-12(2)20-22(33)29-19-13(3)28-23(30-21(19)31(20)4)26-8-14-9-27-32(10-14)11-15-6-16(24)17(25)7-18(15)34-5/h6-7,9-10,12,20H,8,11H2,1-5H3,(H,29,33)(H,26,28,30). The highest BCUT2D eigenvalue weighted by Crippen LogP contribution is 2.34. The van der Waals surface area contributed by atoms with Crippen molar-refractivity contribution < 1.29 is 18.3 Å². The average molecular weight is 472 g/mol. The average Bonchev–Trinajstić information content (AvgIpc) is 3.22. The van der Waals surface area contributed by atoms with Gasteiger partial charge in [0.1, 0.15) is 17.5 Å². The van der Waals surface area contributed by atoms with Crippen molar-refractivity contribution in [1.29, 1.82) is 0 Å². The number of halogens is 2. The van der Waals surface area contributed by atoms with E-state index in [0.717, 1.165) is 17.7 Å². The number of amides is 1. The van der Waals surface area contributed by atoms with Crippen LogP contribution in [0.15, 0.2) is 24.5 Å². The van der Waals surface area contributed by atoms with E-state index < -0.39 is 11.6 Å². The molecule has 2 N–H and O–H groups in total. The van der Waals surface area contributed by atoms with Gasteiger partial charge in [0.05, 0.1) is 25.5 Å². The van der Waals surface area contributed by atoms with Gasteiger partial charge in [-0.05, 0) is 18.9 Å². The van der Waals surface area contributed by atoms with E-state index in [9.17, 15) is 13.6 Å². The number of rotatable bonds is 7. The molecular weight excluding hydrogens is 444 g/mol. The van der Waals surface area contributed by atoms with E-state index in [1.165, 1.54) is 7.11 Å². The zero-order valence-corrected chi connectivity index (χ0v) is 19.7. The molecule has 9 nitrogen and oxygen atoms in total. The summed E-state index contributed by atoms with van der Waals surface area (Å²) in [6.45, 7) is 6.43. The summed E-state index contributed by atoms with van der Waals surface area (Å²) in [5.41, 5.74) is 2.60. The molecule has 11 heteroatoms. The number of hydrogen-bond acceptors (Lipinski definition) is 7. The van der Waals surface area contributed by atoms with Gasteiger partial charge in [0, 0.05) is 37.0 Å². The number of carbonyl (C=O) groups is 1. The molecule has 0 bridgehead atoms. The lowest BCUT2D eigenvalue weighted by atomic mass is 9.99. The number of methoxy groups -OCH3 is 1. The second kappa shape index (κ2) is 9.24. The lowest BCUT2D eigenvalue weighted by Crippen LogP contribution is -2.49. The van der Waals surface area contributed by atoms with E-state index in [0.29, 0.717) is 35.3 Å². The molecular formula is C23H27F2N7O2. The smallest absolute Gasteiger partial charge is 0.247 e. The van der Waals surface area contributed by atoms with Crippen LogP contribution in [0.25, 0.3) is 0 Å². The Morgan fingerprint density at radius 3 is 2.68 bits per heavy atom. The highest BCUT2D eigenvalue weighted by atomic mass is 19.2. The number of ether oxygens (including phenoxy) is 1. The Labute approximate surface area is 196 Å². The molecule has 34 heavy (non-hydrogen) atoms. The SMILES string of the molecule is COc1cc(F)c(F)cc1Cn1cc(CNc2nc(C)c3c(n2)N(C)C(C(C)C)C(=O)N3)cn1. The van der Waals surface area contributed by atoms with Crippen molar-refractivity contribution in [2.75, 3.05) is 29.7 Å². The molecule has 1 aromatic carbocycles. The zero-order chi connectivity index (χ0) is 24.6. The number of hydrogen-bond donors (Lipinski definition) is 2. The number of fused-ring (bicyclic) bond motifs is 1. The Balaban J connectivity index is 1.48. The van der Waals surface area contributed by atoms with E-state index in [2.05, 4.69) is 25.7 Å². The van der Waals surface area contributed by atoms with Crippen LogP contribution in [0.5, 0.6) is 5.75 Å². The van der Waals surface area contributed by atoms with Crippen molar-refractivity contribution in [2.24, 2.45) is 5.92 Å². The van der Waals surface area contributed by atoms with Crippen molar-refractivity contribution in [1.82, 2.24) is 19.7 Å². The second-order valence-electron chi connectivity index (χ2n) is 8.60. The van der Waals surface area contributed by atoms with Gasteiger partial charge in [0.25, 0.3) is 0 Å². The van der Waals surface area contributed by atoms with Gasteiger partial charge in [-0.3, -0.25) is 9.48 Å². The summed E-state index contributed by atoms with van der Waals surface area (Å²) < 4.78 is 33.9. The van der Waals surface area contributed by atoms with Crippen molar-refractivity contribution >= 4 is 23.4 Å². The van der Waals surface area contributed by atoms with Gasteiger partial charge in [-0.1, -0.05) is 13.8 Å². The van der Waals surface area contributed by atoms with Gasteiger partial charge in [-0.2, -0.15) is 10.1 Å². The third kappa shape index (κ3) is 4.50. The van der Waals surface area contributed by atoms with Gasteiger partial charge in [-0.25, -0.2) is 13.8 Å². The summed E-state index contributed by atoms with van der Waals surface area (Å²) in [4.78, 5) is 23.5. The summed E-state index contributed by atoms with van der Waals surface area (Å²) >= 11 is 0. The van der Waals surface area contributed by atoms with Crippen LogP contribution in [0.4, 0.5) is 26.2 Å². The van der Waals surface area contributed by atoms with E-state index in [1.54, 1.807) is 17.1 Å². The number of anilines is 3. The molecule has 1 aliphatic rings. The molecule has 1 aliphatic heterocycles. The van der Waals surface area contributed by atoms with Crippen LogP contribution >= 0.6 is 0 Å². The second-order valence-corrected chi connectivity index (χ2v) is 8.60. The molecule has 0 fully saturated rings. The molecule has 3 heterocycles. The minimum absolute atomic E-state index is 0.0671. The molecule has 180 valence electrons. The van der Waals surface area contributed by atoms with E-state index in [-0.39, 0.29) is 30.2 Å². The minimum Gasteiger partial charge on any atom is -0.496 e. The summed E-state index contributed by atoms with van der Waals surface area (Å²) in [6.07, 6.45) is 3.46. The molecule has 0 saturated heterocycles. The number of aromatic nitrogens is 4. The monoisotopic (exact) mass is 471 g/mol. The Morgan fingerprint density at radius 2 is 1.97 bits per heavy atom. The molecule has 3 aromatic rings. The van der Waals surface area contributed by atoms with E-state index >= 15 is 0 Å². The molecule has 1 atom stereocenters. The predicted octanol–water partition coefficient (Wildman–Crippen LogP) is 3.34. The quantitative estimate of drug-likeness (QED) is 0.546. The first kappa shape index (κ1) is 23.4. The molecule has 0 radical (unpaired) electrons. The highest BCUT2D eigenvalue weighted by Gasteiger charge is 2.35. The van der Waals surface area contributed by atoms with Crippen molar-refractivity contribution in [2.45, 2.75) is 39.9 Å². The molecule has 2 aromatic heterocycles. The topological polar surface area (TPSA) is 97.2 Å². The van der Waals surface area contributed by atoms with Gasteiger partial charge >= 0.3 is 0 Å². The zero-order valence-electron chi connectivity index (χ0n) is 19.7. The predicted molar refractivity (Wildman–Crippen MR) is 124 cm³/mol. The Morgan fingerprint density at radius 1 is 1.24 bits per heavy atom. The highest BCUT2D eigenvalue weighted by molar-refractivity contribution is 6.03. The Hall–Kier alpha value is -3.76. The Kier molecular flexibility index (Phi) is 6.36. The molecule has 0 saturated carbocycles. The fraction of sp³-hybridized carbons (Fsp3) is 0.391. The number of nitrogens with one attached hydrogen (secondary N) is 2. The van der Waals surface area contributed by atoms with Crippen LogP contribution in [-0.2, 0) is 17.9 Å². The third-order valence-electron chi connectivity index (χ3n) is 5.76. The van der Waals surface area contributed by atoms with Crippen LogP contribution in [0.1, 0.15) is 30.7 Å². The summed E-state index contributed by atoms with van der Waals surface area (Å²) in [7, 11) is 3.26. The first-order chi connectivity index (χ1) is 16.2. The number of carbonyl (C=O) groups excluding carboxylic acids is 1. The normalized spacial score (nSPS) is 15.4. The van der Waals surface area contributed by atoms with Gasteiger partial charge in [0.2, 0.25) is 11.9 Å². The van der Waals surface area contributed by atoms with Crippen LogP contribution in [-0.4, -0.2) is 45.9 Å². The van der Waals surface area contributed by atoms with E-state index in [1.807, 2.05) is 32.7 Å². The maximum atomic E-state index is 13.7. The van der Waals surface area contributed by atoms with Gasteiger partial charge < -0.3 is 20.3 Å². The Bertz CT molecular complexity index is 1230. The fourth-order valence-corrected chi connectivity index (χ4v) is 4.12. The fourth-order valence-electron chi connectivity index (χ4n) is 4.12. The van der Waals surface area contributed by atoms with Crippen LogP contribution < -0.4 is 20.3 Å². The maximum absolute atomic E-state index is 13.7. The van der Waals surface area contributed by atoms with Gasteiger partial charge in [0.15, 0.2) is 17.5 Å². The first-order valence-electron chi connectivity index (χ1n) is 10.9. The summed E-state index contributed by atoms with van der Waals surface area (Å²) in [6, 6.07) is 1.81. The molecule has 4 rings (SSSR count). The summed E-state index contributed by atoms with van der Waals surface area (Å²) in [5.74, 6) is -0.512. The van der Waals surface area contributed by atoms with Crippen molar-refractivity contribution in [3.63, 3.8) is 0 Å². The lowest BCUT2D eigenvalue weighted by Gasteiger charge is -2.36. The van der Waals surface area contributed by atoms with E-state index in [4.69, 9.17) is 4.74 Å². The molecule has 0 spiro atoms. The van der Waals surface area contributed by atoms with Crippen LogP contribution in [0.3, 0.4) is 0 Å². The van der Waals surface area contributed by atoms with Gasteiger partial charge in [-0.15, -0.1) is 0 Å². The third-order valence-corrected chi connectivity index (χ3v) is 5.76. The molecule has 1 unspecified atom stereocenters. The minimum atomic E-state index is -0.962. The number of aryl methyl sites for hydroxylation is 1. The number of benzene rings is 1. The molecule has 1 amide bonds. The largest absolute Gasteiger partial charge is 0.496 e.